The molecule has 8 heteroatoms. The van der Waals surface area contributed by atoms with E-state index < -0.39 is 18.3 Å². The third-order valence-electron chi connectivity index (χ3n) is 2.08. The molecule has 1 aromatic rings. The van der Waals surface area contributed by atoms with Crippen LogP contribution in [0.1, 0.15) is 5.56 Å². The molecule has 0 aliphatic rings. The van der Waals surface area contributed by atoms with E-state index in [1.54, 1.807) is 12.2 Å². The number of aryl methyl sites for hydroxylation is 1. The Bertz CT molecular complexity index is 456. The number of anilines is 2. The second-order valence-corrected chi connectivity index (χ2v) is 4.44. The van der Waals surface area contributed by atoms with Crippen molar-refractivity contribution in [2.45, 2.75) is 19.3 Å². The van der Waals surface area contributed by atoms with Crippen LogP contribution >= 0.6 is 15.9 Å². The topological polar surface area (TPSA) is 55.1 Å². The van der Waals surface area contributed by atoms with E-state index in [-0.39, 0.29) is 15.8 Å². The van der Waals surface area contributed by atoms with Crippen LogP contribution in [0.25, 0.3) is 0 Å². The lowest BCUT2D eigenvalue weighted by Crippen LogP contribution is -2.41. The average Bonchev–Trinajstić information content (AvgIpc) is 2.22. The molecular formula is C10H9BrF4N2O. The molecule has 0 unspecified atom stereocenters. The molecule has 18 heavy (non-hydrogen) atoms. The lowest BCUT2D eigenvalue weighted by molar-refractivity contribution is -0.163. The molecule has 0 radical (unpaired) electrons. The monoisotopic (exact) mass is 328 g/mol. The molecule has 0 aromatic heterocycles. The van der Waals surface area contributed by atoms with Crippen LogP contribution in [0.5, 0.6) is 0 Å². The summed E-state index contributed by atoms with van der Waals surface area (Å²) < 4.78 is 49.7. The third kappa shape index (κ3) is 2.92. The normalized spacial score (nSPS) is 11.7. The molecular weight excluding hydrogens is 320 g/mol. The lowest BCUT2D eigenvalue weighted by atomic mass is 10.2. The second kappa shape index (κ2) is 5.13. The van der Waals surface area contributed by atoms with Crippen molar-refractivity contribution in [2.75, 3.05) is 11.1 Å². The summed E-state index contributed by atoms with van der Waals surface area (Å²) in [6.07, 6.45) is -4.08. The van der Waals surface area contributed by atoms with Crippen molar-refractivity contribution in [3.63, 3.8) is 0 Å². The van der Waals surface area contributed by atoms with Gasteiger partial charge in [0.2, 0.25) is 0 Å². The summed E-state index contributed by atoms with van der Waals surface area (Å²) in [6, 6.07) is 2.92. The predicted octanol–water partition coefficient (Wildman–Crippen LogP) is 3.18. The van der Waals surface area contributed by atoms with Gasteiger partial charge in [-0.05, 0) is 40.5 Å². The van der Waals surface area contributed by atoms with E-state index in [0.29, 0.717) is 0 Å². The quantitative estimate of drug-likeness (QED) is 0.661. The van der Waals surface area contributed by atoms with E-state index in [0.717, 1.165) is 5.56 Å². The zero-order valence-electron chi connectivity index (χ0n) is 9.11. The van der Waals surface area contributed by atoms with E-state index in [9.17, 15) is 22.4 Å². The number of hydrogen-bond acceptors (Lipinski definition) is 2. The molecule has 0 heterocycles. The Morgan fingerprint density at radius 1 is 1.44 bits per heavy atom. The van der Waals surface area contributed by atoms with Crippen molar-refractivity contribution in [1.82, 2.24) is 0 Å². The molecule has 0 atom stereocenters. The zero-order valence-corrected chi connectivity index (χ0v) is 10.7. The Labute approximate surface area is 108 Å². The van der Waals surface area contributed by atoms with E-state index in [4.69, 9.17) is 5.73 Å². The highest BCUT2D eigenvalue weighted by molar-refractivity contribution is 9.10. The fourth-order valence-electron chi connectivity index (χ4n) is 1.20. The molecule has 100 valence electrons. The van der Waals surface area contributed by atoms with Gasteiger partial charge in [0.1, 0.15) is 0 Å². The Morgan fingerprint density at radius 3 is 2.44 bits per heavy atom. The van der Waals surface area contributed by atoms with Crippen LogP contribution in [0, 0.1) is 6.92 Å². The summed E-state index contributed by atoms with van der Waals surface area (Å²) in [5.74, 6) is -6.87. The minimum atomic E-state index is -4.77. The molecule has 0 fully saturated rings. The molecule has 0 aliphatic heterocycles. The number of alkyl halides is 4. The first-order chi connectivity index (χ1) is 8.16. The maximum atomic E-state index is 12.8. The first-order valence-corrected chi connectivity index (χ1v) is 5.48. The molecule has 3 nitrogen and oxygen atoms in total. The summed E-state index contributed by atoms with van der Waals surface area (Å²) in [7, 11) is 0. The molecule has 1 aromatic carbocycles. The third-order valence-corrected chi connectivity index (χ3v) is 2.71. The first-order valence-electron chi connectivity index (χ1n) is 4.69. The Hall–Kier alpha value is -1.31. The maximum Gasteiger partial charge on any atom is 0.383 e. The van der Waals surface area contributed by atoms with Crippen molar-refractivity contribution in [1.29, 1.82) is 0 Å². The molecule has 0 bridgehead atoms. The van der Waals surface area contributed by atoms with Crippen LogP contribution < -0.4 is 11.1 Å². The van der Waals surface area contributed by atoms with E-state index in [2.05, 4.69) is 15.9 Å². The Morgan fingerprint density at radius 2 is 2.00 bits per heavy atom. The minimum absolute atomic E-state index is 0.000270. The number of benzene rings is 1. The number of carbonyl (C=O) groups excluding carboxylic acids is 1. The van der Waals surface area contributed by atoms with Crippen LogP contribution in [-0.2, 0) is 4.79 Å². The molecule has 0 spiro atoms. The van der Waals surface area contributed by atoms with Crippen molar-refractivity contribution < 1.29 is 22.4 Å². The highest BCUT2D eigenvalue weighted by Crippen LogP contribution is 2.32. The fraction of sp³-hybridized carbons (Fsp3) is 0.300. The van der Waals surface area contributed by atoms with Gasteiger partial charge < -0.3 is 11.1 Å². The average molecular weight is 329 g/mol. The fourth-order valence-corrected chi connectivity index (χ4v) is 1.89. The van der Waals surface area contributed by atoms with Gasteiger partial charge in [0, 0.05) is 4.47 Å². The van der Waals surface area contributed by atoms with Gasteiger partial charge >= 0.3 is 18.3 Å². The predicted molar refractivity (Wildman–Crippen MR) is 62.9 cm³/mol. The largest absolute Gasteiger partial charge is 0.397 e. The van der Waals surface area contributed by atoms with Gasteiger partial charge in [-0.15, -0.1) is 0 Å². The van der Waals surface area contributed by atoms with Crippen LogP contribution in [0.3, 0.4) is 0 Å². The Kier molecular flexibility index (Phi) is 4.20. The number of carbonyl (C=O) groups is 1. The summed E-state index contributed by atoms with van der Waals surface area (Å²) >= 11 is 3.00. The van der Waals surface area contributed by atoms with Crippen LogP contribution in [0.2, 0.25) is 0 Å². The van der Waals surface area contributed by atoms with Crippen molar-refractivity contribution in [2.24, 2.45) is 0 Å². The van der Waals surface area contributed by atoms with Gasteiger partial charge in [-0.1, -0.05) is 0 Å². The SMILES string of the molecule is Cc1cc(N)c(NC(=O)C(F)(F)C(F)F)c(Br)c1. The van der Waals surface area contributed by atoms with Gasteiger partial charge in [-0.3, -0.25) is 4.79 Å². The van der Waals surface area contributed by atoms with Crippen molar-refractivity contribution >= 4 is 33.2 Å². The van der Waals surface area contributed by atoms with Gasteiger partial charge in [0.05, 0.1) is 11.4 Å². The summed E-state index contributed by atoms with van der Waals surface area (Å²) in [6.45, 7) is 1.69. The number of hydrogen-bond donors (Lipinski definition) is 2. The van der Waals surface area contributed by atoms with Crippen LogP contribution in [-0.4, -0.2) is 18.3 Å². The van der Waals surface area contributed by atoms with Gasteiger partial charge in [-0.25, -0.2) is 8.78 Å². The van der Waals surface area contributed by atoms with Gasteiger partial charge in [-0.2, -0.15) is 8.78 Å². The number of nitrogen functional groups attached to an aromatic ring is 1. The summed E-state index contributed by atoms with van der Waals surface area (Å²) in [5, 5.41) is 1.69. The summed E-state index contributed by atoms with van der Waals surface area (Å²) in [5.41, 5.74) is 6.07. The van der Waals surface area contributed by atoms with Crippen LogP contribution in [0.15, 0.2) is 16.6 Å². The number of halogens is 5. The summed E-state index contributed by atoms with van der Waals surface area (Å²) in [4.78, 5) is 11.0. The van der Waals surface area contributed by atoms with Crippen molar-refractivity contribution in [3.8, 4) is 0 Å². The maximum absolute atomic E-state index is 12.8. The number of nitrogens with one attached hydrogen (secondary N) is 1. The number of nitrogens with two attached hydrogens (primary N) is 1. The highest BCUT2D eigenvalue weighted by atomic mass is 79.9. The number of amides is 1. The van der Waals surface area contributed by atoms with Crippen LogP contribution in [0.4, 0.5) is 28.9 Å². The van der Waals surface area contributed by atoms with E-state index in [1.807, 2.05) is 0 Å². The Balaban J connectivity index is 3.03. The van der Waals surface area contributed by atoms with E-state index >= 15 is 0 Å². The second-order valence-electron chi connectivity index (χ2n) is 3.59. The zero-order chi connectivity index (χ0) is 14.1. The molecule has 1 amide bonds. The van der Waals surface area contributed by atoms with Gasteiger partial charge in [0.25, 0.3) is 0 Å². The standard InChI is InChI=1S/C10H9BrF4N2O/c1-4-2-5(11)7(6(16)3-4)17-9(18)10(14,15)8(12)13/h2-3,8H,16H2,1H3,(H,17,18). The first kappa shape index (κ1) is 14.7. The van der Waals surface area contributed by atoms with Gasteiger partial charge in [0.15, 0.2) is 0 Å². The van der Waals surface area contributed by atoms with E-state index in [1.165, 1.54) is 12.1 Å². The molecule has 0 saturated heterocycles. The van der Waals surface area contributed by atoms with Crippen molar-refractivity contribution in [3.05, 3.63) is 22.2 Å². The smallest absolute Gasteiger partial charge is 0.383 e. The highest BCUT2D eigenvalue weighted by Gasteiger charge is 2.49. The molecule has 0 aliphatic carbocycles. The number of rotatable bonds is 3. The lowest BCUT2D eigenvalue weighted by Gasteiger charge is -2.17. The molecule has 1 rings (SSSR count). The molecule has 3 N–H and O–H groups in total. The minimum Gasteiger partial charge on any atom is -0.397 e. The molecule has 0 saturated carbocycles.